The Morgan fingerprint density at radius 1 is 1.48 bits per heavy atom. The summed E-state index contributed by atoms with van der Waals surface area (Å²) in [6, 6.07) is 5.64. The molecule has 2 atom stereocenters. The van der Waals surface area contributed by atoms with Crippen LogP contribution in [-0.4, -0.2) is 53.3 Å². The van der Waals surface area contributed by atoms with Crippen molar-refractivity contribution >= 4 is 13.2 Å². The molecule has 1 aliphatic heterocycles. The van der Waals surface area contributed by atoms with Crippen LogP contribution in [0, 0.1) is 5.82 Å². The van der Waals surface area contributed by atoms with Gasteiger partial charge in [-0.2, -0.15) is 0 Å². The maximum Gasteiger partial charge on any atom is 0.475 e. The maximum absolute atomic E-state index is 12.9. The molecule has 1 aliphatic rings. The van der Waals surface area contributed by atoms with Crippen LogP contribution < -0.4 is 5.32 Å². The van der Waals surface area contributed by atoms with Crippen molar-refractivity contribution in [3.05, 3.63) is 47.9 Å². The molecular weight excluding hydrogens is 326 g/mol. The largest absolute Gasteiger partial charge is 0.475 e. The van der Waals surface area contributed by atoms with Gasteiger partial charge in [0.2, 0.25) is 0 Å². The zero-order chi connectivity index (χ0) is 18.2. The summed E-state index contributed by atoms with van der Waals surface area (Å²) in [5.74, 6) is -1.31. The second kappa shape index (κ2) is 9.43. The van der Waals surface area contributed by atoms with E-state index in [-0.39, 0.29) is 18.3 Å². The SMILES string of the molecule is CC=CN1CCCC(OC(=O)NC(Cc2ccc(F)cc2)B(O)O)C1. The van der Waals surface area contributed by atoms with Gasteiger partial charge >= 0.3 is 13.2 Å². The van der Waals surface area contributed by atoms with E-state index >= 15 is 0 Å². The van der Waals surface area contributed by atoms with Gasteiger partial charge in [0.1, 0.15) is 11.9 Å². The molecule has 8 heteroatoms. The van der Waals surface area contributed by atoms with E-state index in [0.29, 0.717) is 12.1 Å². The van der Waals surface area contributed by atoms with Crippen molar-refractivity contribution in [2.45, 2.75) is 38.2 Å². The number of nitrogens with one attached hydrogen (secondary N) is 1. The second-order valence-electron chi connectivity index (χ2n) is 6.14. The number of likely N-dealkylation sites (tertiary alicyclic amines) is 1. The van der Waals surface area contributed by atoms with E-state index in [1.54, 1.807) is 0 Å². The van der Waals surface area contributed by atoms with Crippen LogP contribution in [0.15, 0.2) is 36.5 Å². The smallest absolute Gasteiger partial charge is 0.444 e. The van der Waals surface area contributed by atoms with E-state index in [2.05, 4.69) is 10.2 Å². The van der Waals surface area contributed by atoms with Gasteiger partial charge < -0.3 is 25.0 Å². The Kier molecular flexibility index (Phi) is 7.27. The van der Waals surface area contributed by atoms with Crippen LogP contribution in [-0.2, 0) is 11.2 Å². The lowest BCUT2D eigenvalue weighted by atomic mass is 9.76. The van der Waals surface area contributed by atoms with E-state index in [1.807, 2.05) is 19.2 Å². The molecule has 6 nitrogen and oxygen atoms in total. The number of carbonyl (C=O) groups is 1. The molecule has 136 valence electrons. The Bertz CT molecular complexity index is 583. The molecule has 2 rings (SSSR count). The third-order valence-corrected chi connectivity index (χ3v) is 4.08. The molecule has 0 radical (unpaired) electrons. The lowest BCUT2D eigenvalue weighted by molar-refractivity contribution is 0.0552. The molecule has 1 heterocycles. The number of hydrogen-bond donors (Lipinski definition) is 3. The third kappa shape index (κ3) is 6.40. The molecule has 1 aromatic rings. The minimum absolute atomic E-state index is 0.155. The molecule has 0 aromatic heterocycles. The van der Waals surface area contributed by atoms with E-state index < -0.39 is 19.2 Å². The van der Waals surface area contributed by atoms with Crippen molar-refractivity contribution in [1.82, 2.24) is 10.2 Å². The molecule has 0 spiro atoms. The quantitative estimate of drug-likeness (QED) is 0.677. The van der Waals surface area contributed by atoms with Crippen molar-refractivity contribution in [3.8, 4) is 0 Å². The molecule has 0 bridgehead atoms. The Morgan fingerprint density at radius 2 is 2.20 bits per heavy atom. The van der Waals surface area contributed by atoms with Crippen LogP contribution in [0.1, 0.15) is 25.3 Å². The highest BCUT2D eigenvalue weighted by Crippen LogP contribution is 2.14. The number of halogens is 1. The number of piperidine rings is 1. The molecule has 2 unspecified atom stereocenters. The van der Waals surface area contributed by atoms with Gasteiger partial charge in [-0.25, -0.2) is 9.18 Å². The number of amides is 1. The zero-order valence-electron chi connectivity index (χ0n) is 14.3. The molecule has 1 fully saturated rings. The average Bonchev–Trinajstić information content (AvgIpc) is 2.56. The summed E-state index contributed by atoms with van der Waals surface area (Å²) in [4.78, 5) is 14.2. The zero-order valence-corrected chi connectivity index (χ0v) is 14.3. The topological polar surface area (TPSA) is 82.0 Å². The van der Waals surface area contributed by atoms with Gasteiger partial charge in [0.15, 0.2) is 0 Å². The first-order valence-electron chi connectivity index (χ1n) is 8.42. The van der Waals surface area contributed by atoms with Crippen LogP contribution >= 0.6 is 0 Å². The second-order valence-corrected chi connectivity index (χ2v) is 6.14. The Hall–Kier alpha value is -2.06. The third-order valence-electron chi connectivity index (χ3n) is 4.08. The van der Waals surface area contributed by atoms with Crippen molar-refractivity contribution < 1.29 is 24.0 Å². The summed E-state index contributed by atoms with van der Waals surface area (Å²) in [7, 11) is -1.75. The molecular formula is C17H24BFN2O4. The van der Waals surface area contributed by atoms with Gasteiger partial charge in [-0.3, -0.25) is 0 Å². The molecule has 0 aliphatic carbocycles. The number of benzene rings is 1. The van der Waals surface area contributed by atoms with E-state index in [1.165, 1.54) is 24.3 Å². The lowest BCUT2D eigenvalue weighted by Crippen LogP contribution is -2.49. The predicted molar refractivity (Wildman–Crippen MR) is 93.1 cm³/mol. The average molecular weight is 350 g/mol. The fraction of sp³-hybridized carbons (Fsp3) is 0.471. The van der Waals surface area contributed by atoms with Crippen molar-refractivity contribution in [1.29, 1.82) is 0 Å². The molecule has 3 N–H and O–H groups in total. The van der Waals surface area contributed by atoms with Crippen LogP contribution in [0.5, 0.6) is 0 Å². The van der Waals surface area contributed by atoms with Gasteiger partial charge in [-0.1, -0.05) is 18.2 Å². The summed E-state index contributed by atoms with van der Waals surface area (Å²) in [5.41, 5.74) is 0.678. The fourth-order valence-corrected chi connectivity index (χ4v) is 2.85. The minimum Gasteiger partial charge on any atom is -0.444 e. The minimum atomic E-state index is -1.75. The summed E-state index contributed by atoms with van der Waals surface area (Å²) < 4.78 is 18.3. The van der Waals surface area contributed by atoms with Gasteiger partial charge in [0, 0.05) is 6.54 Å². The highest BCUT2D eigenvalue weighted by Gasteiger charge is 2.28. The van der Waals surface area contributed by atoms with Crippen LogP contribution in [0.3, 0.4) is 0 Å². The summed E-state index contributed by atoms with van der Waals surface area (Å²) in [6.07, 6.45) is 4.81. The van der Waals surface area contributed by atoms with E-state index in [9.17, 15) is 19.2 Å². The highest BCUT2D eigenvalue weighted by molar-refractivity contribution is 6.43. The Balaban J connectivity index is 1.88. The van der Waals surface area contributed by atoms with Crippen molar-refractivity contribution in [2.24, 2.45) is 0 Å². The van der Waals surface area contributed by atoms with Crippen LogP contribution in [0.25, 0.3) is 0 Å². The molecule has 1 amide bonds. The first-order valence-corrected chi connectivity index (χ1v) is 8.42. The Labute approximate surface area is 147 Å². The van der Waals surface area contributed by atoms with Crippen LogP contribution in [0.4, 0.5) is 9.18 Å². The summed E-state index contributed by atoms with van der Waals surface area (Å²) in [6.45, 7) is 3.47. The van der Waals surface area contributed by atoms with Crippen LogP contribution in [0.2, 0.25) is 0 Å². The molecule has 1 aromatic carbocycles. The fourth-order valence-electron chi connectivity index (χ4n) is 2.85. The standard InChI is InChI=1S/C17H24BFN2O4/c1-2-9-21-10-3-4-15(12-21)25-17(22)20-16(18(23)24)11-13-5-7-14(19)8-6-13/h2,5-9,15-16,23-24H,3-4,10-12H2,1H3,(H,20,22). The summed E-state index contributed by atoms with van der Waals surface area (Å²) >= 11 is 0. The number of carbonyl (C=O) groups excluding carboxylic acids is 1. The lowest BCUT2D eigenvalue weighted by Gasteiger charge is -2.31. The molecule has 1 saturated heterocycles. The number of alkyl carbamates (subject to hydrolysis) is 1. The van der Waals surface area contributed by atoms with Crippen molar-refractivity contribution in [3.63, 3.8) is 0 Å². The number of hydrogen-bond acceptors (Lipinski definition) is 5. The van der Waals surface area contributed by atoms with Gasteiger partial charge in [-0.15, -0.1) is 0 Å². The number of allylic oxidation sites excluding steroid dienone is 1. The van der Waals surface area contributed by atoms with Gasteiger partial charge in [0.05, 0.1) is 12.5 Å². The monoisotopic (exact) mass is 350 g/mol. The molecule has 0 saturated carbocycles. The number of nitrogens with zero attached hydrogens (tertiary/aromatic N) is 1. The van der Waals surface area contributed by atoms with E-state index in [4.69, 9.17) is 4.74 Å². The maximum atomic E-state index is 12.9. The van der Waals surface area contributed by atoms with Gasteiger partial charge in [0.25, 0.3) is 0 Å². The van der Waals surface area contributed by atoms with Crippen molar-refractivity contribution in [2.75, 3.05) is 13.1 Å². The van der Waals surface area contributed by atoms with Gasteiger partial charge in [-0.05, 0) is 50.1 Å². The summed E-state index contributed by atoms with van der Waals surface area (Å²) in [5, 5.41) is 21.5. The number of rotatable bonds is 6. The highest BCUT2D eigenvalue weighted by atomic mass is 19.1. The molecule has 25 heavy (non-hydrogen) atoms. The van der Waals surface area contributed by atoms with E-state index in [0.717, 1.165) is 19.4 Å². The Morgan fingerprint density at radius 3 is 2.84 bits per heavy atom. The normalized spacial score (nSPS) is 18.9. The predicted octanol–water partition coefficient (Wildman–Crippen LogP) is 1.47. The first kappa shape index (κ1) is 19.3. The number of ether oxygens (including phenoxy) is 1. The first-order chi connectivity index (χ1) is 12.0.